The number of rotatable bonds is 12. The molecule has 5 rings (SSSR count). The maximum absolute atomic E-state index is 13.0. The Hall–Kier alpha value is -3.93. The Morgan fingerprint density at radius 1 is 1.07 bits per heavy atom. The molecule has 1 aliphatic rings. The minimum atomic E-state index is -2.18. The lowest BCUT2D eigenvalue weighted by Crippen LogP contribution is -2.54. The SMILES string of the molecule is COc1ccc([Si](C)(C)C(CCn2cc(CCO)nn2)[C@@H]2Oc3ccc(-n4cccc(OC)c4=O)cc3[C@H](OC)[C@H]2C)cc1. The van der Waals surface area contributed by atoms with Crippen LogP contribution in [0.5, 0.6) is 17.2 Å². The first-order valence-corrected chi connectivity index (χ1v) is 18.0. The number of hydrogen-bond donors (Lipinski definition) is 1. The molecule has 4 atom stereocenters. The highest BCUT2D eigenvalue weighted by atomic mass is 28.3. The zero-order valence-electron chi connectivity index (χ0n) is 26.3. The van der Waals surface area contributed by atoms with E-state index < -0.39 is 8.07 Å². The maximum Gasteiger partial charge on any atom is 0.297 e. The molecular weight excluding hydrogens is 576 g/mol. The van der Waals surface area contributed by atoms with Gasteiger partial charge in [0, 0.05) is 56.2 Å². The lowest BCUT2D eigenvalue weighted by atomic mass is 9.86. The van der Waals surface area contributed by atoms with Crippen LogP contribution in [0.4, 0.5) is 0 Å². The number of aliphatic hydroxyl groups is 1. The van der Waals surface area contributed by atoms with Crippen molar-refractivity contribution in [2.24, 2.45) is 5.92 Å². The van der Waals surface area contributed by atoms with Crippen molar-refractivity contribution in [1.29, 1.82) is 0 Å². The third-order valence-electron chi connectivity index (χ3n) is 9.00. The van der Waals surface area contributed by atoms with Gasteiger partial charge >= 0.3 is 0 Å². The second kappa shape index (κ2) is 13.4. The second-order valence-corrected chi connectivity index (χ2v) is 16.6. The van der Waals surface area contributed by atoms with Crippen LogP contribution in [0.2, 0.25) is 18.6 Å². The maximum atomic E-state index is 13.0. The summed E-state index contributed by atoms with van der Waals surface area (Å²) in [5.74, 6) is 1.88. The highest BCUT2D eigenvalue weighted by Gasteiger charge is 2.47. The predicted octanol–water partition coefficient (Wildman–Crippen LogP) is 4.14. The van der Waals surface area contributed by atoms with Crippen molar-refractivity contribution in [3.05, 3.63) is 88.6 Å². The van der Waals surface area contributed by atoms with E-state index in [9.17, 15) is 9.90 Å². The Balaban J connectivity index is 1.52. The predicted molar refractivity (Wildman–Crippen MR) is 171 cm³/mol. The zero-order valence-corrected chi connectivity index (χ0v) is 27.3. The summed E-state index contributed by atoms with van der Waals surface area (Å²) < 4.78 is 27.2. The van der Waals surface area contributed by atoms with Crippen molar-refractivity contribution in [3.63, 3.8) is 0 Å². The number of aryl methyl sites for hydroxylation is 1. The van der Waals surface area contributed by atoms with Gasteiger partial charge in [0.25, 0.3) is 5.56 Å². The summed E-state index contributed by atoms with van der Waals surface area (Å²) in [5.41, 5.74) is 2.36. The number of benzene rings is 2. The number of pyridine rings is 1. The summed E-state index contributed by atoms with van der Waals surface area (Å²) in [6.45, 7) is 7.68. The van der Waals surface area contributed by atoms with Gasteiger partial charge in [-0.05, 0) is 54.4 Å². The van der Waals surface area contributed by atoms with Gasteiger partial charge in [-0.25, -0.2) is 0 Å². The molecule has 4 aromatic rings. The molecule has 1 N–H and O–H groups in total. The number of fused-ring (bicyclic) bond motifs is 1. The molecule has 0 saturated heterocycles. The quantitative estimate of drug-likeness (QED) is 0.236. The highest BCUT2D eigenvalue weighted by Crippen LogP contribution is 2.47. The smallest absolute Gasteiger partial charge is 0.297 e. The minimum Gasteiger partial charge on any atom is -0.497 e. The Morgan fingerprint density at radius 3 is 2.52 bits per heavy atom. The Morgan fingerprint density at radius 2 is 1.84 bits per heavy atom. The Labute approximate surface area is 259 Å². The van der Waals surface area contributed by atoms with Gasteiger partial charge in [-0.15, -0.1) is 5.10 Å². The molecule has 0 spiro atoms. The second-order valence-electron chi connectivity index (χ2n) is 11.9. The molecule has 10 nitrogen and oxygen atoms in total. The van der Waals surface area contributed by atoms with E-state index in [2.05, 4.69) is 42.5 Å². The van der Waals surface area contributed by atoms with Crippen LogP contribution in [0.15, 0.2) is 71.8 Å². The van der Waals surface area contributed by atoms with Crippen molar-refractivity contribution < 1.29 is 24.1 Å². The van der Waals surface area contributed by atoms with Gasteiger partial charge in [0.1, 0.15) is 17.6 Å². The van der Waals surface area contributed by atoms with Crippen LogP contribution in [-0.4, -0.2) is 66.8 Å². The van der Waals surface area contributed by atoms with Gasteiger partial charge in [0.2, 0.25) is 0 Å². The Bertz CT molecular complexity index is 1620. The number of ether oxygens (including phenoxy) is 4. The van der Waals surface area contributed by atoms with Crippen LogP contribution in [0, 0.1) is 5.92 Å². The highest BCUT2D eigenvalue weighted by molar-refractivity contribution is 6.91. The van der Waals surface area contributed by atoms with Crippen LogP contribution in [-0.2, 0) is 17.7 Å². The van der Waals surface area contributed by atoms with E-state index in [1.54, 1.807) is 37.1 Å². The average molecular weight is 619 g/mol. The molecule has 0 bridgehead atoms. The molecule has 2 aromatic heterocycles. The molecular formula is C33H42N4O6Si. The fraction of sp³-hybridized carbons (Fsp3) is 0.424. The van der Waals surface area contributed by atoms with Crippen molar-refractivity contribution >= 4 is 13.3 Å². The molecule has 0 radical (unpaired) electrons. The van der Waals surface area contributed by atoms with Gasteiger partial charge < -0.3 is 24.1 Å². The molecule has 1 aliphatic heterocycles. The molecule has 2 aromatic carbocycles. The first-order valence-electron chi connectivity index (χ1n) is 15.0. The number of aromatic nitrogens is 4. The average Bonchev–Trinajstić information content (AvgIpc) is 3.48. The fourth-order valence-electron chi connectivity index (χ4n) is 6.47. The number of methoxy groups -OCH3 is 3. The van der Waals surface area contributed by atoms with Crippen LogP contribution < -0.4 is 25.0 Å². The molecule has 3 heterocycles. The van der Waals surface area contributed by atoms with Crippen molar-refractivity contribution in [2.45, 2.75) is 57.2 Å². The standard InChI is InChI=1S/C33H42N4O6Si/c1-22-31(42-4)27-20-24(37-17-7-8-29(41-3)33(37)39)9-14-28(27)43-32(22)30(15-18-36-21-23(16-19-38)34-35-36)44(5,6)26-12-10-25(40-2)11-13-26/h7-14,17,20-22,30-32,38H,15-16,18-19H2,1-6H3/t22-,30?,31-,32-/m1/s1. The van der Waals surface area contributed by atoms with Gasteiger partial charge in [-0.3, -0.25) is 14.0 Å². The van der Waals surface area contributed by atoms with Crippen LogP contribution >= 0.6 is 0 Å². The number of aliphatic hydroxyl groups excluding tert-OH is 1. The van der Waals surface area contributed by atoms with Crippen LogP contribution in [0.1, 0.15) is 30.7 Å². The topological polar surface area (TPSA) is 110 Å². The van der Waals surface area contributed by atoms with Crippen LogP contribution in [0.3, 0.4) is 0 Å². The van der Waals surface area contributed by atoms with Crippen molar-refractivity contribution in [1.82, 2.24) is 19.6 Å². The van der Waals surface area contributed by atoms with Gasteiger partial charge in [-0.1, -0.05) is 42.6 Å². The molecule has 1 unspecified atom stereocenters. The van der Waals surface area contributed by atoms with E-state index in [0.717, 1.165) is 34.9 Å². The molecule has 234 valence electrons. The van der Waals surface area contributed by atoms with E-state index in [-0.39, 0.29) is 41.6 Å². The lowest BCUT2D eigenvalue weighted by molar-refractivity contribution is -0.0234. The van der Waals surface area contributed by atoms with E-state index >= 15 is 0 Å². The molecule has 44 heavy (non-hydrogen) atoms. The number of hydrogen-bond acceptors (Lipinski definition) is 8. The summed E-state index contributed by atoms with van der Waals surface area (Å²) in [5, 5.41) is 19.2. The third-order valence-corrected chi connectivity index (χ3v) is 13.3. The molecule has 0 amide bonds. The van der Waals surface area contributed by atoms with Gasteiger partial charge in [-0.2, -0.15) is 0 Å². The summed E-state index contributed by atoms with van der Waals surface area (Å²) >= 11 is 0. The number of nitrogens with zero attached hydrogens (tertiary/aromatic N) is 4. The molecule has 0 aliphatic carbocycles. The first-order chi connectivity index (χ1) is 21.2. The molecule has 0 fully saturated rings. The fourth-order valence-corrected chi connectivity index (χ4v) is 9.96. The van der Waals surface area contributed by atoms with Crippen molar-refractivity contribution in [3.8, 4) is 22.9 Å². The first kappa shape index (κ1) is 31.5. The van der Waals surface area contributed by atoms with E-state index in [1.165, 1.54) is 12.3 Å². The zero-order chi connectivity index (χ0) is 31.4. The molecule has 11 heteroatoms. The third kappa shape index (κ3) is 6.17. The van der Waals surface area contributed by atoms with E-state index in [4.69, 9.17) is 18.9 Å². The minimum absolute atomic E-state index is 0.0144. The van der Waals surface area contributed by atoms with Gasteiger partial charge in [0.05, 0.1) is 34.1 Å². The van der Waals surface area contributed by atoms with Crippen LogP contribution in [0.25, 0.3) is 5.69 Å². The van der Waals surface area contributed by atoms with E-state index in [1.807, 2.05) is 41.2 Å². The summed E-state index contributed by atoms with van der Waals surface area (Å²) in [6, 6.07) is 17.7. The normalized spacial score (nSPS) is 18.8. The summed E-state index contributed by atoms with van der Waals surface area (Å²) in [4.78, 5) is 13.0. The summed E-state index contributed by atoms with van der Waals surface area (Å²) in [6.07, 6.45) is 4.58. The van der Waals surface area contributed by atoms with E-state index in [0.29, 0.717) is 13.0 Å². The largest absolute Gasteiger partial charge is 0.497 e. The summed E-state index contributed by atoms with van der Waals surface area (Å²) in [7, 11) is 2.73. The molecule has 0 saturated carbocycles. The monoisotopic (exact) mass is 618 g/mol. The van der Waals surface area contributed by atoms with Gasteiger partial charge in [0.15, 0.2) is 5.75 Å². The lowest BCUT2D eigenvalue weighted by Gasteiger charge is -2.46. The Kier molecular flexibility index (Phi) is 9.57. The van der Waals surface area contributed by atoms with Crippen molar-refractivity contribution in [2.75, 3.05) is 27.9 Å².